The highest BCUT2D eigenvalue weighted by molar-refractivity contribution is 5.53. The summed E-state index contributed by atoms with van der Waals surface area (Å²) >= 11 is 0. The maximum atomic E-state index is 8.56. The predicted molar refractivity (Wildman–Crippen MR) is 90.4 cm³/mol. The molecule has 0 aromatic carbocycles. The average molecular weight is 332 g/mol. The Kier molecular flexibility index (Phi) is 5.92. The normalized spacial score (nSPS) is 20.0. The summed E-state index contributed by atoms with van der Waals surface area (Å²) in [5, 5.41) is 13.9. The van der Waals surface area contributed by atoms with Crippen LogP contribution in [0.2, 0.25) is 0 Å². The van der Waals surface area contributed by atoms with Gasteiger partial charge in [0.05, 0.1) is 5.69 Å². The van der Waals surface area contributed by atoms with E-state index in [2.05, 4.69) is 29.2 Å². The van der Waals surface area contributed by atoms with Crippen LogP contribution >= 0.6 is 0 Å². The Hall–Kier alpha value is -2.41. The molecule has 2 heterocycles. The van der Waals surface area contributed by atoms with Crippen LogP contribution in [0.25, 0.3) is 5.82 Å². The van der Waals surface area contributed by atoms with Gasteiger partial charge in [-0.25, -0.2) is 14.8 Å². The van der Waals surface area contributed by atoms with Gasteiger partial charge in [0, 0.05) is 18.3 Å². The van der Waals surface area contributed by atoms with E-state index in [0.29, 0.717) is 11.8 Å². The van der Waals surface area contributed by atoms with Crippen LogP contribution in [0.1, 0.15) is 36.9 Å². The highest BCUT2D eigenvalue weighted by Crippen LogP contribution is 2.50. The standard InChI is InChI=1S/C16H22N4.CH2O3/c1-11-3-4-16(18-8-11)20-9-15(19-10-20)14-6-13(14)5-12(2)7-17;2-1(3)4/h3-4,8-10,12-14H,5-7,17H2,1-2H3;(H2,2,3,4)/t12-,13?,14?;/m1./s1. The highest BCUT2D eigenvalue weighted by atomic mass is 16.6. The number of carbonyl (C=O) groups is 1. The van der Waals surface area contributed by atoms with Crippen molar-refractivity contribution in [2.24, 2.45) is 17.6 Å². The minimum Gasteiger partial charge on any atom is -0.450 e. The minimum absolute atomic E-state index is 0.617. The summed E-state index contributed by atoms with van der Waals surface area (Å²) in [4.78, 5) is 17.5. The van der Waals surface area contributed by atoms with Crippen LogP contribution in [0, 0.1) is 18.8 Å². The van der Waals surface area contributed by atoms with Crippen molar-refractivity contribution in [3.63, 3.8) is 0 Å². The molecule has 4 N–H and O–H groups in total. The van der Waals surface area contributed by atoms with E-state index in [1.807, 2.05) is 30.1 Å². The van der Waals surface area contributed by atoms with Crippen molar-refractivity contribution < 1.29 is 15.0 Å². The molecule has 3 atom stereocenters. The van der Waals surface area contributed by atoms with E-state index in [9.17, 15) is 0 Å². The van der Waals surface area contributed by atoms with Crippen LogP contribution in [-0.2, 0) is 0 Å². The molecule has 7 heteroatoms. The van der Waals surface area contributed by atoms with Crippen LogP contribution in [0.15, 0.2) is 30.9 Å². The number of pyridine rings is 1. The lowest BCUT2D eigenvalue weighted by molar-refractivity contribution is 0.137. The summed E-state index contributed by atoms with van der Waals surface area (Å²) in [6.45, 7) is 5.05. The first-order valence-electron chi connectivity index (χ1n) is 7.99. The fourth-order valence-electron chi connectivity index (χ4n) is 2.75. The van der Waals surface area contributed by atoms with Crippen molar-refractivity contribution in [3.05, 3.63) is 42.1 Å². The number of rotatable bonds is 5. The Bertz CT molecular complexity index is 665. The van der Waals surface area contributed by atoms with Gasteiger partial charge in [0.1, 0.15) is 12.1 Å². The maximum absolute atomic E-state index is 8.56. The molecule has 0 saturated heterocycles. The van der Waals surface area contributed by atoms with Gasteiger partial charge in [0.15, 0.2) is 0 Å². The van der Waals surface area contributed by atoms with Gasteiger partial charge in [-0.2, -0.15) is 0 Å². The highest BCUT2D eigenvalue weighted by Gasteiger charge is 2.40. The second kappa shape index (κ2) is 7.92. The molecule has 2 aromatic heterocycles. The fourth-order valence-corrected chi connectivity index (χ4v) is 2.75. The van der Waals surface area contributed by atoms with Crippen LogP contribution in [0.5, 0.6) is 0 Å². The molecule has 130 valence electrons. The molecule has 0 amide bonds. The van der Waals surface area contributed by atoms with Crippen LogP contribution in [-0.4, -0.2) is 37.4 Å². The second-order valence-electron chi connectivity index (χ2n) is 6.36. The van der Waals surface area contributed by atoms with Crippen molar-refractivity contribution in [2.45, 2.75) is 32.6 Å². The van der Waals surface area contributed by atoms with E-state index in [4.69, 9.17) is 20.7 Å². The Labute approximate surface area is 141 Å². The first-order chi connectivity index (χ1) is 11.4. The van der Waals surface area contributed by atoms with Gasteiger partial charge >= 0.3 is 6.16 Å². The Balaban J connectivity index is 0.000000471. The molecule has 24 heavy (non-hydrogen) atoms. The topological polar surface area (TPSA) is 114 Å². The fraction of sp³-hybridized carbons (Fsp3) is 0.471. The molecule has 0 aliphatic heterocycles. The van der Waals surface area contributed by atoms with E-state index in [-0.39, 0.29) is 0 Å². The molecule has 0 spiro atoms. The summed E-state index contributed by atoms with van der Waals surface area (Å²) in [5.74, 6) is 2.94. The first kappa shape index (κ1) is 17.9. The summed E-state index contributed by atoms with van der Waals surface area (Å²) in [6.07, 6.45) is 6.52. The summed E-state index contributed by atoms with van der Waals surface area (Å²) < 4.78 is 2.01. The van der Waals surface area contributed by atoms with E-state index in [1.165, 1.54) is 24.1 Å². The zero-order valence-electron chi connectivity index (χ0n) is 14.0. The number of hydrogen-bond acceptors (Lipinski definition) is 4. The molecule has 1 aliphatic rings. The van der Waals surface area contributed by atoms with Gasteiger partial charge in [-0.3, -0.25) is 4.57 Å². The molecule has 1 saturated carbocycles. The number of nitrogens with two attached hydrogens (primary N) is 1. The van der Waals surface area contributed by atoms with Gasteiger partial charge in [-0.1, -0.05) is 13.0 Å². The predicted octanol–water partition coefficient (Wildman–Crippen LogP) is 2.89. The lowest BCUT2D eigenvalue weighted by Gasteiger charge is -2.06. The number of aromatic nitrogens is 3. The van der Waals surface area contributed by atoms with Crippen molar-refractivity contribution in [1.82, 2.24) is 14.5 Å². The van der Waals surface area contributed by atoms with Gasteiger partial charge < -0.3 is 15.9 Å². The first-order valence-corrected chi connectivity index (χ1v) is 7.99. The molecule has 0 radical (unpaired) electrons. The van der Waals surface area contributed by atoms with Crippen LogP contribution in [0.3, 0.4) is 0 Å². The third-order valence-corrected chi connectivity index (χ3v) is 4.17. The number of carboxylic acid groups (broad SMARTS) is 2. The smallest absolute Gasteiger partial charge is 0.450 e. The van der Waals surface area contributed by atoms with Crippen molar-refractivity contribution in [3.8, 4) is 5.82 Å². The van der Waals surface area contributed by atoms with Crippen molar-refractivity contribution in [2.75, 3.05) is 6.54 Å². The van der Waals surface area contributed by atoms with E-state index in [1.54, 1.807) is 0 Å². The largest absolute Gasteiger partial charge is 0.503 e. The molecule has 2 aromatic rings. The van der Waals surface area contributed by atoms with Gasteiger partial charge in [-0.05, 0) is 49.8 Å². The van der Waals surface area contributed by atoms with Crippen LogP contribution in [0.4, 0.5) is 4.79 Å². The molecule has 0 bridgehead atoms. The van der Waals surface area contributed by atoms with Gasteiger partial charge in [0.25, 0.3) is 0 Å². The summed E-state index contributed by atoms with van der Waals surface area (Å²) in [5.41, 5.74) is 8.07. The lowest BCUT2D eigenvalue weighted by Crippen LogP contribution is -2.11. The molecule has 1 aliphatic carbocycles. The van der Waals surface area contributed by atoms with Gasteiger partial charge in [-0.15, -0.1) is 0 Å². The molecule has 7 nitrogen and oxygen atoms in total. The third kappa shape index (κ3) is 5.06. The van der Waals surface area contributed by atoms with Gasteiger partial charge in [0.2, 0.25) is 0 Å². The molecule has 2 unspecified atom stereocenters. The quantitative estimate of drug-likeness (QED) is 0.775. The maximum Gasteiger partial charge on any atom is 0.503 e. The van der Waals surface area contributed by atoms with E-state index in [0.717, 1.165) is 18.3 Å². The zero-order chi connectivity index (χ0) is 17.7. The Morgan fingerprint density at radius 2 is 2.12 bits per heavy atom. The number of nitrogens with zero attached hydrogens (tertiary/aromatic N) is 3. The molecular weight excluding hydrogens is 308 g/mol. The van der Waals surface area contributed by atoms with Crippen molar-refractivity contribution >= 4 is 6.16 Å². The molecule has 3 rings (SSSR count). The minimum atomic E-state index is -1.83. The summed E-state index contributed by atoms with van der Waals surface area (Å²) in [7, 11) is 0. The van der Waals surface area contributed by atoms with Crippen LogP contribution < -0.4 is 5.73 Å². The Morgan fingerprint density at radius 3 is 2.71 bits per heavy atom. The van der Waals surface area contributed by atoms with Crippen molar-refractivity contribution in [1.29, 1.82) is 0 Å². The molecular formula is C17H24N4O3. The van der Waals surface area contributed by atoms with E-state index < -0.39 is 6.16 Å². The average Bonchev–Trinajstić information content (AvgIpc) is 3.11. The van der Waals surface area contributed by atoms with E-state index >= 15 is 0 Å². The number of imidazole rings is 1. The molecule has 1 fully saturated rings. The second-order valence-corrected chi connectivity index (χ2v) is 6.36. The lowest BCUT2D eigenvalue weighted by atomic mass is 10.0. The Morgan fingerprint density at radius 1 is 1.42 bits per heavy atom. The zero-order valence-corrected chi connectivity index (χ0v) is 14.0. The number of hydrogen-bond donors (Lipinski definition) is 3. The third-order valence-electron chi connectivity index (χ3n) is 4.17. The number of aryl methyl sites for hydroxylation is 1. The SMILES string of the molecule is Cc1ccc(-n2cnc(C3CC3C[C@@H](C)CN)c2)nc1.O=C(O)O. The summed E-state index contributed by atoms with van der Waals surface area (Å²) in [6, 6.07) is 4.10. The monoisotopic (exact) mass is 332 g/mol.